The molecule has 14 nitrogen and oxygen atoms in total. The lowest BCUT2D eigenvalue weighted by molar-refractivity contribution is -0.139. The Bertz CT molecular complexity index is 1410. The molecule has 254 valence electrons. The first-order chi connectivity index (χ1) is 22.6. The predicted molar refractivity (Wildman–Crippen MR) is 176 cm³/mol. The summed E-state index contributed by atoms with van der Waals surface area (Å²) < 4.78 is 22.9. The number of benzene rings is 2. The quantitative estimate of drug-likeness (QED) is 0.0381. The van der Waals surface area contributed by atoms with E-state index in [0.717, 1.165) is 19.3 Å². The summed E-state index contributed by atoms with van der Waals surface area (Å²) in [6.45, 7) is 4.73. The van der Waals surface area contributed by atoms with Crippen molar-refractivity contribution in [2.75, 3.05) is 69.5 Å². The largest absolute Gasteiger partial charge is 0.493 e. The summed E-state index contributed by atoms with van der Waals surface area (Å²) in [6.07, 6.45) is 3.78. The van der Waals surface area contributed by atoms with Crippen LogP contribution in [0.1, 0.15) is 56.8 Å². The van der Waals surface area contributed by atoms with Crippen LogP contribution in [0.15, 0.2) is 41.5 Å². The van der Waals surface area contributed by atoms with Gasteiger partial charge in [0, 0.05) is 17.5 Å². The molecule has 0 amide bonds. The smallest absolute Gasteiger partial charge is 0.325 e. The van der Waals surface area contributed by atoms with Gasteiger partial charge in [0.2, 0.25) is 0 Å². The van der Waals surface area contributed by atoms with Gasteiger partial charge >= 0.3 is 5.97 Å². The summed E-state index contributed by atoms with van der Waals surface area (Å²) in [5, 5.41) is 3.52. The van der Waals surface area contributed by atoms with Crippen LogP contribution in [-0.2, 0) is 23.9 Å². The van der Waals surface area contributed by atoms with Crippen LogP contribution in [0.25, 0.3) is 10.4 Å². The fraction of sp³-hybridized carbons (Fsp3) is 0.485. The van der Waals surface area contributed by atoms with Gasteiger partial charge < -0.3 is 28.7 Å². The van der Waals surface area contributed by atoms with Crippen LogP contribution in [-0.4, -0.2) is 89.3 Å². The van der Waals surface area contributed by atoms with Crippen molar-refractivity contribution in [1.82, 2.24) is 0 Å². The molecule has 2 aromatic carbocycles. The molecule has 0 unspecified atom stereocenters. The van der Waals surface area contributed by atoms with Crippen molar-refractivity contribution in [2.24, 2.45) is 5.11 Å². The Labute approximate surface area is 274 Å². The number of para-hydroxylation sites is 2. The van der Waals surface area contributed by atoms with Gasteiger partial charge in [-0.3, -0.25) is 24.0 Å². The minimum Gasteiger partial charge on any atom is -0.493 e. The molecule has 0 aliphatic rings. The highest BCUT2D eigenvalue weighted by molar-refractivity contribution is 5.89. The minimum absolute atomic E-state index is 0.0118. The van der Waals surface area contributed by atoms with Crippen LogP contribution in [0.4, 0.5) is 11.4 Å². The van der Waals surface area contributed by atoms with Crippen LogP contribution in [0, 0.1) is 0 Å². The number of hydrogen-bond acceptors (Lipinski definition) is 12. The molecule has 0 heterocycles. The third kappa shape index (κ3) is 13.8. The Morgan fingerprint density at radius 1 is 0.745 bits per heavy atom. The van der Waals surface area contributed by atoms with Crippen LogP contribution in [0.2, 0.25) is 0 Å². The lowest BCUT2D eigenvalue weighted by Crippen LogP contribution is -2.35. The fourth-order valence-electron chi connectivity index (χ4n) is 4.63. The summed E-state index contributed by atoms with van der Waals surface area (Å²) >= 11 is 0. The first-order valence-electron chi connectivity index (χ1n) is 15.3. The maximum atomic E-state index is 12.2. The molecule has 0 radical (unpaired) electrons. The zero-order valence-electron chi connectivity index (χ0n) is 27.4. The van der Waals surface area contributed by atoms with Crippen molar-refractivity contribution in [1.29, 1.82) is 0 Å². The average Bonchev–Trinajstić information content (AvgIpc) is 3.03. The summed E-state index contributed by atoms with van der Waals surface area (Å²) in [5.41, 5.74) is 9.48. The van der Waals surface area contributed by atoms with Crippen LogP contribution in [0.5, 0.6) is 17.2 Å². The lowest BCUT2D eigenvalue weighted by Gasteiger charge is -2.26. The maximum absolute atomic E-state index is 12.2. The number of ketones is 3. The van der Waals surface area contributed by atoms with Crippen LogP contribution in [0.3, 0.4) is 0 Å². The number of nitrogens with zero attached hydrogens (tertiary/aromatic N) is 5. The highest BCUT2D eigenvalue weighted by Gasteiger charge is 2.22. The maximum Gasteiger partial charge on any atom is 0.325 e. The molecule has 47 heavy (non-hydrogen) atoms. The summed E-state index contributed by atoms with van der Waals surface area (Å²) in [7, 11) is 1.24. The van der Waals surface area contributed by atoms with E-state index in [1.165, 1.54) is 38.8 Å². The third-order valence-corrected chi connectivity index (χ3v) is 6.62. The Balaban J connectivity index is 2.29. The molecule has 0 saturated heterocycles. The number of rotatable bonds is 24. The van der Waals surface area contributed by atoms with E-state index < -0.39 is 5.97 Å². The molecule has 0 aliphatic heterocycles. The van der Waals surface area contributed by atoms with E-state index in [-0.39, 0.29) is 73.8 Å². The second kappa shape index (κ2) is 20.8. The van der Waals surface area contributed by atoms with Gasteiger partial charge in [0.05, 0.1) is 50.3 Å². The fourth-order valence-corrected chi connectivity index (χ4v) is 4.63. The average molecular weight is 654 g/mol. The van der Waals surface area contributed by atoms with Crippen LogP contribution >= 0.6 is 0 Å². The molecular formula is C33H43N5O9. The van der Waals surface area contributed by atoms with E-state index in [0.29, 0.717) is 43.0 Å². The molecule has 0 aliphatic carbocycles. The van der Waals surface area contributed by atoms with Crippen molar-refractivity contribution >= 4 is 41.0 Å². The molecule has 0 spiro atoms. The third-order valence-electron chi connectivity index (χ3n) is 6.62. The highest BCUT2D eigenvalue weighted by atomic mass is 16.5. The minimum atomic E-state index is -0.591. The molecular weight excluding hydrogens is 610 g/mol. The van der Waals surface area contributed by atoms with Gasteiger partial charge in [0.15, 0.2) is 6.29 Å². The summed E-state index contributed by atoms with van der Waals surface area (Å²) in [5.74, 6) is -0.0781. The first kappa shape index (κ1) is 38.1. The Hall–Kier alpha value is -5.10. The van der Waals surface area contributed by atoms with Crippen molar-refractivity contribution in [3.05, 3.63) is 52.4 Å². The van der Waals surface area contributed by atoms with Gasteiger partial charge in [-0.25, -0.2) is 0 Å². The highest BCUT2D eigenvalue weighted by Crippen LogP contribution is 2.36. The number of azide groups is 1. The second-order valence-electron chi connectivity index (χ2n) is 10.8. The first-order valence-corrected chi connectivity index (χ1v) is 15.3. The molecule has 0 aromatic heterocycles. The SMILES string of the molecule is COC(=O)CN(CC(C)=O)c1cc(C=O)c(OCCCCCCN=[N+]=[N-])cc1OCCOc1ccccc1N(CC(C)=O)CC(C)=O. The Morgan fingerprint density at radius 3 is 1.91 bits per heavy atom. The van der Waals surface area contributed by atoms with Gasteiger partial charge in [-0.1, -0.05) is 30.1 Å². The molecule has 0 fully saturated rings. The second-order valence-corrected chi connectivity index (χ2v) is 10.8. The van der Waals surface area contributed by atoms with Gasteiger partial charge in [-0.15, -0.1) is 0 Å². The monoisotopic (exact) mass is 653 g/mol. The van der Waals surface area contributed by atoms with E-state index >= 15 is 0 Å². The molecule has 0 atom stereocenters. The summed E-state index contributed by atoms with van der Waals surface area (Å²) in [4.78, 5) is 66.1. The predicted octanol–water partition coefficient (Wildman–Crippen LogP) is 4.76. The van der Waals surface area contributed by atoms with Crippen LogP contribution < -0.4 is 24.0 Å². The molecule has 14 heteroatoms. The van der Waals surface area contributed by atoms with Gasteiger partial charge in [0.1, 0.15) is 54.4 Å². The molecule has 0 N–H and O–H groups in total. The van der Waals surface area contributed by atoms with E-state index in [9.17, 15) is 24.0 Å². The molecule has 2 rings (SSSR count). The number of anilines is 2. The van der Waals surface area contributed by atoms with Gasteiger partial charge in [0.25, 0.3) is 0 Å². The van der Waals surface area contributed by atoms with Gasteiger partial charge in [-0.05, 0) is 57.3 Å². The van der Waals surface area contributed by atoms with E-state index in [1.807, 2.05) is 0 Å². The zero-order chi connectivity index (χ0) is 34.6. The summed E-state index contributed by atoms with van der Waals surface area (Å²) in [6, 6.07) is 10.1. The number of carbonyl (C=O) groups excluding carboxylic acids is 5. The van der Waals surface area contributed by atoms with Crippen molar-refractivity contribution in [2.45, 2.75) is 46.5 Å². The lowest BCUT2D eigenvalue weighted by atomic mass is 10.1. The number of ether oxygens (including phenoxy) is 4. The van der Waals surface area contributed by atoms with Crippen molar-refractivity contribution in [3.63, 3.8) is 0 Å². The number of Topliss-reactive ketones (excluding diaryl/α,β-unsaturated/α-hetero) is 3. The molecule has 0 bridgehead atoms. The number of unbranched alkanes of at least 4 members (excludes halogenated alkanes) is 3. The topological polar surface area (TPSA) is 178 Å². The number of carbonyl (C=O) groups is 5. The number of aldehydes is 1. The normalized spacial score (nSPS) is 10.3. The van der Waals surface area contributed by atoms with E-state index in [1.54, 1.807) is 35.2 Å². The molecule has 2 aromatic rings. The number of hydrogen-bond donors (Lipinski definition) is 0. The van der Waals surface area contributed by atoms with Crippen molar-refractivity contribution in [3.8, 4) is 17.2 Å². The van der Waals surface area contributed by atoms with Gasteiger partial charge in [-0.2, -0.15) is 0 Å². The Morgan fingerprint density at radius 2 is 1.32 bits per heavy atom. The Kier molecular flexibility index (Phi) is 16.9. The van der Waals surface area contributed by atoms with E-state index in [4.69, 9.17) is 24.5 Å². The number of methoxy groups -OCH3 is 1. The van der Waals surface area contributed by atoms with E-state index in [2.05, 4.69) is 10.0 Å². The zero-order valence-corrected chi connectivity index (χ0v) is 27.4. The standard InChI is InChI=1S/C33H43N5O9/c1-24(40)19-37(20-25(2)41)28-11-7-8-12-30(28)46-15-16-47-32-18-31(45-14-10-6-5-9-13-35-36-34)27(23-39)17-29(32)38(21-26(3)42)22-33(43)44-4/h7-8,11-12,17-18,23H,5-6,9-10,13-16,19-22H2,1-4H3. The van der Waals surface area contributed by atoms with Crippen molar-refractivity contribution < 1.29 is 42.9 Å². The molecule has 0 saturated carbocycles. The number of esters is 1.